The van der Waals surface area contributed by atoms with Gasteiger partial charge >= 0.3 is 0 Å². The molecule has 3 heterocycles. The molecule has 2 fully saturated rings. The third kappa shape index (κ3) is 6.20. The summed E-state index contributed by atoms with van der Waals surface area (Å²) < 4.78 is 11.7. The van der Waals surface area contributed by atoms with Gasteiger partial charge in [-0.2, -0.15) is 5.10 Å². The number of likely N-dealkylation sites (tertiary alicyclic amines) is 1. The molecule has 0 spiro atoms. The first-order valence-electron chi connectivity index (χ1n) is 14.2. The van der Waals surface area contributed by atoms with Crippen molar-refractivity contribution in [3.05, 3.63) is 83.4 Å². The van der Waals surface area contributed by atoms with E-state index in [9.17, 15) is 4.79 Å². The zero-order valence-electron chi connectivity index (χ0n) is 23.1. The predicted octanol–water partition coefficient (Wildman–Crippen LogP) is 4.47. The minimum Gasteiger partial charge on any atom is -0.490 e. The van der Waals surface area contributed by atoms with Crippen molar-refractivity contribution in [3.8, 4) is 17.0 Å². The maximum atomic E-state index is 13.2. The van der Waals surface area contributed by atoms with Gasteiger partial charge in [-0.15, -0.1) is 0 Å². The van der Waals surface area contributed by atoms with Crippen LogP contribution in [0.2, 0.25) is 0 Å². The van der Waals surface area contributed by atoms with Crippen LogP contribution in [0.25, 0.3) is 22.2 Å². The number of carbonyl (C=O) groups excluding carboxylic acids is 1. The molecular weight excluding hydrogens is 502 g/mol. The Bertz CT molecular complexity index is 1440. The van der Waals surface area contributed by atoms with Gasteiger partial charge in [0.2, 0.25) is 0 Å². The van der Waals surface area contributed by atoms with Crippen molar-refractivity contribution in [2.75, 3.05) is 46.4 Å². The zero-order chi connectivity index (χ0) is 27.3. The molecule has 0 unspecified atom stereocenters. The van der Waals surface area contributed by atoms with Crippen molar-refractivity contribution in [1.29, 1.82) is 0 Å². The van der Waals surface area contributed by atoms with Crippen molar-refractivity contribution < 1.29 is 14.3 Å². The fourth-order valence-electron chi connectivity index (χ4n) is 5.52. The first-order chi connectivity index (χ1) is 19.6. The molecule has 8 nitrogen and oxygen atoms in total. The van der Waals surface area contributed by atoms with Crippen molar-refractivity contribution in [2.24, 2.45) is 0 Å². The molecule has 1 amide bonds. The van der Waals surface area contributed by atoms with Crippen LogP contribution < -0.4 is 10.1 Å². The lowest BCUT2D eigenvalue weighted by Crippen LogP contribution is -2.36. The number of carbonyl (C=O) groups is 1. The zero-order valence-corrected chi connectivity index (χ0v) is 23.1. The van der Waals surface area contributed by atoms with Gasteiger partial charge in [-0.3, -0.25) is 14.8 Å². The maximum Gasteiger partial charge on any atom is 0.251 e. The number of H-pyrrole nitrogens is 1. The van der Waals surface area contributed by atoms with E-state index in [1.165, 1.54) is 5.56 Å². The summed E-state index contributed by atoms with van der Waals surface area (Å²) in [7, 11) is 2.15. The van der Waals surface area contributed by atoms with Crippen molar-refractivity contribution in [3.63, 3.8) is 0 Å². The Kier molecular flexibility index (Phi) is 8.09. The molecule has 40 heavy (non-hydrogen) atoms. The Morgan fingerprint density at radius 3 is 2.52 bits per heavy atom. The molecule has 6 rings (SSSR count). The van der Waals surface area contributed by atoms with E-state index in [-0.39, 0.29) is 12.0 Å². The minimum absolute atomic E-state index is 0.0999. The van der Waals surface area contributed by atoms with E-state index < -0.39 is 0 Å². The van der Waals surface area contributed by atoms with Gasteiger partial charge in [0.1, 0.15) is 11.9 Å². The summed E-state index contributed by atoms with van der Waals surface area (Å²) in [5, 5.41) is 11.7. The molecule has 8 heteroatoms. The van der Waals surface area contributed by atoms with Gasteiger partial charge in [-0.05, 0) is 73.5 Å². The smallest absolute Gasteiger partial charge is 0.251 e. The van der Waals surface area contributed by atoms with Crippen LogP contribution in [0.1, 0.15) is 34.3 Å². The number of piperidine rings is 1. The number of morpholine rings is 1. The van der Waals surface area contributed by atoms with Gasteiger partial charge in [-0.1, -0.05) is 24.3 Å². The summed E-state index contributed by atoms with van der Waals surface area (Å²) in [4.78, 5) is 17.9. The van der Waals surface area contributed by atoms with E-state index in [1.54, 1.807) is 0 Å². The van der Waals surface area contributed by atoms with Crippen LogP contribution in [0.3, 0.4) is 0 Å². The highest BCUT2D eigenvalue weighted by Gasteiger charge is 2.19. The lowest BCUT2D eigenvalue weighted by atomic mass is 10.0. The largest absolute Gasteiger partial charge is 0.490 e. The lowest BCUT2D eigenvalue weighted by Gasteiger charge is -2.29. The van der Waals surface area contributed by atoms with Crippen LogP contribution in [-0.4, -0.2) is 78.4 Å². The Morgan fingerprint density at radius 1 is 1.00 bits per heavy atom. The summed E-state index contributed by atoms with van der Waals surface area (Å²) in [6.45, 7) is 6.89. The number of hydrogen-bond acceptors (Lipinski definition) is 6. The topological polar surface area (TPSA) is 82.7 Å². The Morgan fingerprint density at radius 2 is 1.75 bits per heavy atom. The van der Waals surface area contributed by atoms with Crippen molar-refractivity contribution >= 4 is 16.8 Å². The molecule has 2 aliphatic heterocycles. The van der Waals surface area contributed by atoms with Crippen LogP contribution in [0.4, 0.5) is 0 Å². The third-order valence-electron chi connectivity index (χ3n) is 7.98. The highest BCUT2D eigenvalue weighted by Crippen LogP contribution is 2.29. The van der Waals surface area contributed by atoms with E-state index in [0.717, 1.165) is 92.3 Å². The van der Waals surface area contributed by atoms with Gasteiger partial charge in [-0.25, -0.2) is 0 Å². The maximum absolute atomic E-state index is 13.2. The monoisotopic (exact) mass is 539 g/mol. The molecule has 0 aliphatic carbocycles. The number of aromatic amines is 1. The fourth-order valence-corrected chi connectivity index (χ4v) is 5.52. The molecule has 0 radical (unpaired) electrons. The number of nitrogens with one attached hydrogen (secondary N) is 2. The van der Waals surface area contributed by atoms with Gasteiger partial charge in [0.15, 0.2) is 0 Å². The van der Waals surface area contributed by atoms with Crippen LogP contribution in [0.15, 0.2) is 66.7 Å². The molecule has 4 aromatic rings. The average Bonchev–Trinajstić information content (AvgIpc) is 3.42. The molecule has 2 aliphatic rings. The van der Waals surface area contributed by atoms with Gasteiger partial charge in [0.05, 0.1) is 24.4 Å². The van der Waals surface area contributed by atoms with Crippen LogP contribution >= 0.6 is 0 Å². The lowest BCUT2D eigenvalue weighted by molar-refractivity contribution is 0.0340. The fraction of sp³-hybridized carbons (Fsp3) is 0.375. The van der Waals surface area contributed by atoms with E-state index in [2.05, 4.69) is 50.6 Å². The molecule has 1 aromatic heterocycles. The second-order valence-electron chi connectivity index (χ2n) is 10.8. The number of amides is 1. The van der Waals surface area contributed by atoms with Gasteiger partial charge in [0.25, 0.3) is 5.91 Å². The quantitative estimate of drug-likeness (QED) is 0.344. The summed E-state index contributed by atoms with van der Waals surface area (Å²) in [5.41, 5.74) is 5.69. The standard InChI is InChI=1S/C32H37N5O3/c1-36-14-12-28(13-15-36)40-27-9-6-23(7-10-27)31-29-20-24(8-11-30(29)34-35-31)32(38)33-21-25-4-2-3-5-26(25)22-37-16-18-39-19-17-37/h2-11,20,28H,12-19,21-22H2,1H3,(H,33,38)(H,34,35). The minimum atomic E-state index is -0.0999. The van der Waals surface area contributed by atoms with Crippen LogP contribution in [0.5, 0.6) is 5.75 Å². The first-order valence-corrected chi connectivity index (χ1v) is 14.2. The first kappa shape index (κ1) is 26.5. The molecule has 208 valence electrons. The molecule has 2 saturated heterocycles. The highest BCUT2D eigenvalue weighted by atomic mass is 16.5. The average molecular weight is 540 g/mol. The predicted molar refractivity (Wildman–Crippen MR) is 156 cm³/mol. The second-order valence-corrected chi connectivity index (χ2v) is 10.8. The third-order valence-corrected chi connectivity index (χ3v) is 7.98. The Labute approximate surface area is 235 Å². The molecule has 0 bridgehead atoms. The number of rotatable bonds is 8. The Hall–Kier alpha value is -3.72. The number of benzene rings is 3. The summed E-state index contributed by atoms with van der Waals surface area (Å²) >= 11 is 0. The molecule has 0 atom stereocenters. The van der Waals surface area contributed by atoms with Gasteiger partial charge < -0.3 is 19.7 Å². The molecule has 2 N–H and O–H groups in total. The number of ether oxygens (including phenoxy) is 2. The number of fused-ring (bicyclic) bond motifs is 1. The number of nitrogens with zero attached hydrogens (tertiary/aromatic N) is 3. The SMILES string of the molecule is CN1CCC(Oc2ccc(-c3n[nH]c4ccc(C(=O)NCc5ccccc5CN5CCOCC5)cc34)cc2)CC1. The van der Waals surface area contributed by atoms with Gasteiger partial charge in [0, 0.05) is 55.8 Å². The van der Waals surface area contributed by atoms with Crippen LogP contribution in [-0.2, 0) is 17.8 Å². The number of aromatic nitrogens is 2. The van der Waals surface area contributed by atoms with E-state index in [1.807, 2.05) is 48.5 Å². The highest BCUT2D eigenvalue weighted by molar-refractivity contribution is 6.01. The number of hydrogen-bond donors (Lipinski definition) is 2. The van der Waals surface area contributed by atoms with Crippen molar-refractivity contribution in [2.45, 2.75) is 32.0 Å². The summed E-state index contributed by atoms with van der Waals surface area (Å²) in [6, 6.07) is 22.1. The van der Waals surface area contributed by atoms with E-state index >= 15 is 0 Å². The van der Waals surface area contributed by atoms with Crippen LogP contribution in [0, 0.1) is 0 Å². The van der Waals surface area contributed by atoms with E-state index in [0.29, 0.717) is 12.1 Å². The molecule has 3 aromatic carbocycles. The normalized spacial score (nSPS) is 17.2. The van der Waals surface area contributed by atoms with Crippen molar-refractivity contribution in [1.82, 2.24) is 25.3 Å². The Balaban J connectivity index is 1.13. The molecular formula is C32H37N5O3. The summed E-state index contributed by atoms with van der Waals surface area (Å²) in [5.74, 6) is 0.782. The molecule has 0 saturated carbocycles. The summed E-state index contributed by atoms with van der Waals surface area (Å²) in [6.07, 6.45) is 2.36. The van der Waals surface area contributed by atoms with E-state index in [4.69, 9.17) is 9.47 Å². The second kappa shape index (κ2) is 12.2.